The second-order valence-corrected chi connectivity index (χ2v) is 11.6. The summed E-state index contributed by atoms with van der Waals surface area (Å²) in [5, 5.41) is 39.8. The molecule has 0 aromatic carbocycles. The van der Waals surface area contributed by atoms with Crippen molar-refractivity contribution in [1.82, 2.24) is 26.6 Å². The first kappa shape index (κ1) is 42.6. The average Bonchev–Trinajstić information content (AvgIpc) is 2.96. The number of aliphatic hydroxyl groups excluding tert-OH is 1. The van der Waals surface area contributed by atoms with Crippen molar-refractivity contribution < 1.29 is 53.7 Å². The number of carbonyl (C=O) groups is 8. The lowest BCUT2D eigenvalue weighted by atomic mass is 10.0. The lowest BCUT2D eigenvalue weighted by Gasteiger charge is -2.26. The van der Waals surface area contributed by atoms with Gasteiger partial charge in [0.15, 0.2) is 0 Å². The van der Waals surface area contributed by atoms with E-state index in [9.17, 15) is 48.6 Å². The average molecular weight is 675 g/mol. The van der Waals surface area contributed by atoms with Gasteiger partial charge >= 0.3 is 11.9 Å². The fourth-order valence-corrected chi connectivity index (χ4v) is 4.11. The number of aliphatic carboxylic acids is 2. The lowest BCUT2D eigenvalue weighted by molar-refractivity contribution is -0.142. The van der Waals surface area contributed by atoms with Crippen LogP contribution in [0.2, 0.25) is 0 Å². The number of primary amides is 1. The summed E-state index contributed by atoms with van der Waals surface area (Å²) in [7, 11) is 0. The van der Waals surface area contributed by atoms with Gasteiger partial charge in [-0.1, -0.05) is 13.8 Å². The summed E-state index contributed by atoms with van der Waals surface area (Å²) in [6.45, 7) is 6.28. The van der Waals surface area contributed by atoms with Crippen molar-refractivity contribution in [3.05, 3.63) is 0 Å². The van der Waals surface area contributed by atoms with Gasteiger partial charge in [-0.15, -0.1) is 0 Å². The molecular weight excluding hydrogens is 624 g/mol. The van der Waals surface area contributed by atoms with Crippen molar-refractivity contribution in [3.63, 3.8) is 0 Å². The third kappa shape index (κ3) is 17.2. The highest BCUT2D eigenvalue weighted by atomic mass is 16.4. The number of carboxylic acids is 2. The topological polar surface area (TPSA) is 335 Å². The van der Waals surface area contributed by atoms with Gasteiger partial charge in [0.05, 0.1) is 12.5 Å². The molecule has 0 bridgehead atoms. The SMILES string of the molecule is CC(C)CC(NC(=O)C(CCC(=O)O)NC(=O)C(N)C(C)O)C(=O)NC(C)C(=O)NC(CC(N)=O)C(=O)NC(CCCCN)C(=O)O. The summed E-state index contributed by atoms with van der Waals surface area (Å²) in [6, 6.07) is -8.38. The van der Waals surface area contributed by atoms with Crippen molar-refractivity contribution in [2.75, 3.05) is 6.54 Å². The molecule has 0 aliphatic heterocycles. The van der Waals surface area contributed by atoms with Gasteiger partial charge in [0.1, 0.15) is 36.3 Å². The molecule has 19 nitrogen and oxygen atoms in total. The number of carbonyl (C=O) groups excluding carboxylic acids is 6. The first-order valence-corrected chi connectivity index (χ1v) is 15.2. The Morgan fingerprint density at radius 1 is 0.660 bits per heavy atom. The minimum Gasteiger partial charge on any atom is -0.481 e. The van der Waals surface area contributed by atoms with E-state index in [1.807, 2.05) is 0 Å². The standard InChI is InChI=1S/C28H50N8O11/c1-13(2)11-18(36-24(42)16(8-9-21(39)40)33-27(45)22(31)15(4)37)25(43)32-14(3)23(41)35-19(12-20(30)38)26(44)34-17(28(46)47)7-5-6-10-29/h13-19,22,37H,5-12,29,31H2,1-4H3,(H2,30,38)(H,32,43)(H,33,45)(H,34,44)(H,35,41)(H,36,42)(H,39,40)(H,46,47). The normalized spacial score (nSPS) is 15.5. The smallest absolute Gasteiger partial charge is 0.326 e. The van der Waals surface area contributed by atoms with E-state index >= 15 is 0 Å². The number of hydrogen-bond donors (Lipinski definition) is 11. The largest absolute Gasteiger partial charge is 0.481 e. The molecule has 7 unspecified atom stereocenters. The molecule has 47 heavy (non-hydrogen) atoms. The Labute approximate surface area is 272 Å². The molecule has 0 radical (unpaired) electrons. The molecular formula is C28H50N8O11. The van der Waals surface area contributed by atoms with E-state index in [4.69, 9.17) is 22.3 Å². The highest BCUT2D eigenvalue weighted by Crippen LogP contribution is 2.09. The number of amides is 6. The maximum Gasteiger partial charge on any atom is 0.326 e. The molecule has 0 aromatic heterocycles. The minimum atomic E-state index is -1.58. The molecule has 14 N–H and O–H groups in total. The molecule has 0 heterocycles. The van der Waals surface area contributed by atoms with Crippen LogP contribution in [0.3, 0.4) is 0 Å². The number of hydrogen-bond acceptors (Lipinski definition) is 11. The highest BCUT2D eigenvalue weighted by Gasteiger charge is 2.33. The highest BCUT2D eigenvalue weighted by molar-refractivity contribution is 5.97. The predicted octanol–water partition coefficient (Wildman–Crippen LogP) is -3.86. The van der Waals surface area contributed by atoms with Crippen molar-refractivity contribution in [2.45, 2.75) is 115 Å². The van der Waals surface area contributed by atoms with Crippen LogP contribution >= 0.6 is 0 Å². The molecule has 7 atom stereocenters. The summed E-state index contributed by atoms with van der Waals surface area (Å²) in [4.78, 5) is 98.8. The van der Waals surface area contributed by atoms with Crippen molar-refractivity contribution >= 4 is 47.4 Å². The van der Waals surface area contributed by atoms with E-state index in [2.05, 4.69) is 26.6 Å². The Bertz CT molecular complexity index is 1120. The molecule has 19 heteroatoms. The van der Waals surface area contributed by atoms with Crippen LogP contribution in [0.25, 0.3) is 0 Å². The third-order valence-corrected chi connectivity index (χ3v) is 6.79. The maximum atomic E-state index is 13.2. The quantitative estimate of drug-likeness (QED) is 0.0463. The van der Waals surface area contributed by atoms with Gasteiger partial charge in [-0.3, -0.25) is 33.6 Å². The number of rotatable bonds is 23. The summed E-state index contributed by atoms with van der Waals surface area (Å²) >= 11 is 0. The van der Waals surface area contributed by atoms with Crippen LogP contribution in [0.5, 0.6) is 0 Å². The van der Waals surface area contributed by atoms with Crippen LogP contribution in [0.15, 0.2) is 0 Å². The first-order chi connectivity index (χ1) is 21.8. The fourth-order valence-electron chi connectivity index (χ4n) is 4.11. The third-order valence-electron chi connectivity index (χ3n) is 6.79. The Balaban J connectivity index is 5.76. The monoisotopic (exact) mass is 674 g/mol. The number of aliphatic hydroxyl groups is 1. The summed E-state index contributed by atoms with van der Waals surface area (Å²) in [5.41, 5.74) is 16.3. The van der Waals surface area contributed by atoms with Crippen LogP contribution < -0.4 is 43.8 Å². The molecule has 0 aromatic rings. The zero-order valence-electron chi connectivity index (χ0n) is 27.1. The Morgan fingerprint density at radius 2 is 1.17 bits per heavy atom. The second-order valence-electron chi connectivity index (χ2n) is 11.6. The van der Waals surface area contributed by atoms with Crippen molar-refractivity contribution in [2.24, 2.45) is 23.1 Å². The molecule has 0 aliphatic carbocycles. The van der Waals surface area contributed by atoms with Crippen LogP contribution in [-0.4, -0.2) is 112 Å². The summed E-state index contributed by atoms with van der Waals surface area (Å²) < 4.78 is 0. The van der Waals surface area contributed by atoms with E-state index in [0.717, 1.165) is 0 Å². The van der Waals surface area contributed by atoms with Crippen molar-refractivity contribution in [1.29, 1.82) is 0 Å². The second kappa shape index (κ2) is 21.4. The summed E-state index contributed by atoms with van der Waals surface area (Å²) in [5.74, 6) is -8.39. The Hall–Kier alpha value is -4.36. The van der Waals surface area contributed by atoms with Gasteiger partial charge < -0.3 is 59.1 Å². The van der Waals surface area contributed by atoms with Gasteiger partial charge in [0.25, 0.3) is 0 Å². The van der Waals surface area contributed by atoms with E-state index in [1.165, 1.54) is 13.8 Å². The van der Waals surface area contributed by atoms with Crippen LogP contribution in [-0.2, 0) is 38.4 Å². The Morgan fingerprint density at radius 3 is 1.66 bits per heavy atom. The van der Waals surface area contributed by atoms with Crippen LogP contribution in [0.4, 0.5) is 0 Å². The molecule has 0 saturated carbocycles. The van der Waals surface area contributed by atoms with Gasteiger partial charge in [-0.25, -0.2) is 4.79 Å². The van der Waals surface area contributed by atoms with Gasteiger partial charge in [0, 0.05) is 6.42 Å². The number of nitrogens with two attached hydrogens (primary N) is 3. The molecule has 0 saturated heterocycles. The maximum absolute atomic E-state index is 13.2. The fraction of sp³-hybridized carbons (Fsp3) is 0.714. The van der Waals surface area contributed by atoms with E-state index in [1.54, 1.807) is 13.8 Å². The summed E-state index contributed by atoms with van der Waals surface area (Å²) in [6.07, 6.45) is -1.87. The minimum absolute atomic E-state index is 0.0408. The van der Waals surface area contributed by atoms with E-state index in [-0.39, 0.29) is 25.2 Å². The molecule has 0 fully saturated rings. The number of unbranched alkanes of at least 4 members (excludes halogenated alkanes) is 1. The predicted molar refractivity (Wildman–Crippen MR) is 166 cm³/mol. The molecule has 0 rings (SSSR count). The zero-order valence-corrected chi connectivity index (χ0v) is 27.1. The van der Waals surface area contributed by atoms with Crippen molar-refractivity contribution in [3.8, 4) is 0 Å². The molecule has 6 amide bonds. The van der Waals surface area contributed by atoms with Gasteiger partial charge in [-0.05, 0) is 58.4 Å². The van der Waals surface area contributed by atoms with Gasteiger partial charge in [0.2, 0.25) is 35.4 Å². The van der Waals surface area contributed by atoms with E-state index < -0.39 is 103 Å². The van der Waals surface area contributed by atoms with Crippen LogP contribution in [0.1, 0.15) is 72.6 Å². The molecule has 268 valence electrons. The first-order valence-electron chi connectivity index (χ1n) is 15.2. The molecule has 0 spiro atoms. The number of carboxylic acid groups (broad SMARTS) is 2. The molecule has 0 aliphatic rings. The Kier molecular flexibility index (Phi) is 19.4. The zero-order chi connectivity index (χ0) is 36.4. The lowest BCUT2D eigenvalue weighted by Crippen LogP contribution is -2.59. The van der Waals surface area contributed by atoms with Gasteiger partial charge in [-0.2, -0.15) is 0 Å². The number of nitrogens with one attached hydrogen (secondary N) is 5. The van der Waals surface area contributed by atoms with Crippen LogP contribution in [0, 0.1) is 5.92 Å². The van der Waals surface area contributed by atoms with E-state index in [0.29, 0.717) is 19.4 Å².